The fourth-order valence-corrected chi connectivity index (χ4v) is 8.31. The molecule has 1 amide bonds. The average molecular weight is 834 g/mol. The smallest absolute Gasteiger partial charge is 0.306 e. The van der Waals surface area contributed by atoms with Gasteiger partial charge in [-0.25, -0.2) is 0 Å². The predicted octanol–water partition coefficient (Wildman–Crippen LogP) is 15.7. The number of amides is 1. The van der Waals surface area contributed by atoms with Crippen LogP contribution < -0.4 is 5.32 Å². The Bertz CT molecular complexity index is 893. The number of hydrogen-bond donors (Lipinski definition) is 3. The van der Waals surface area contributed by atoms with Crippen molar-refractivity contribution in [2.75, 3.05) is 6.61 Å². The lowest BCUT2D eigenvalue weighted by Crippen LogP contribution is -2.46. The maximum atomic E-state index is 13.2. The Hall–Kier alpha value is -1.40. The number of aliphatic hydroxyl groups excluding tert-OH is 2. The molecule has 0 aromatic rings. The van der Waals surface area contributed by atoms with E-state index in [0.717, 1.165) is 51.4 Å². The van der Waals surface area contributed by atoms with Gasteiger partial charge in [0.15, 0.2) is 0 Å². The molecule has 0 rings (SSSR count). The quantitative estimate of drug-likeness (QED) is 0.0322. The molecule has 350 valence electrons. The number of allylic oxidation sites excluding steroid dienone is 2. The Labute approximate surface area is 368 Å². The SMILES string of the molecule is CCCCCCCCC/C=C/CCCCCCCC(=O)OC(CCCCCCCCCCCC)CC(=O)NC(CO)C(O)CCCCCCCCCCCCCCCC. The molecular weight excluding hydrogens is 731 g/mol. The Morgan fingerprint density at radius 2 is 0.814 bits per heavy atom. The van der Waals surface area contributed by atoms with Crippen LogP contribution in [0.25, 0.3) is 0 Å². The molecule has 6 heteroatoms. The van der Waals surface area contributed by atoms with Gasteiger partial charge in [-0.05, 0) is 51.4 Å². The van der Waals surface area contributed by atoms with E-state index in [4.69, 9.17) is 4.74 Å². The van der Waals surface area contributed by atoms with Crippen molar-refractivity contribution in [2.45, 2.75) is 309 Å². The minimum atomic E-state index is -0.782. The van der Waals surface area contributed by atoms with Gasteiger partial charge >= 0.3 is 5.97 Å². The fourth-order valence-electron chi connectivity index (χ4n) is 8.31. The summed E-state index contributed by atoms with van der Waals surface area (Å²) in [5.74, 6) is -0.467. The molecule has 59 heavy (non-hydrogen) atoms. The van der Waals surface area contributed by atoms with Crippen LogP contribution in [0.4, 0.5) is 0 Å². The van der Waals surface area contributed by atoms with Gasteiger partial charge in [-0.1, -0.05) is 238 Å². The van der Waals surface area contributed by atoms with Gasteiger partial charge in [0.1, 0.15) is 6.10 Å². The molecular formula is C53H103NO5. The molecule has 3 unspecified atom stereocenters. The highest BCUT2D eigenvalue weighted by Gasteiger charge is 2.24. The molecule has 0 aromatic carbocycles. The molecule has 6 nitrogen and oxygen atoms in total. The third kappa shape index (κ3) is 43.1. The molecule has 0 saturated heterocycles. The topological polar surface area (TPSA) is 95.9 Å². The zero-order valence-electron chi connectivity index (χ0n) is 39.9. The summed E-state index contributed by atoms with van der Waals surface area (Å²) >= 11 is 0. The van der Waals surface area contributed by atoms with E-state index in [1.165, 1.54) is 193 Å². The highest BCUT2D eigenvalue weighted by Crippen LogP contribution is 2.18. The summed E-state index contributed by atoms with van der Waals surface area (Å²) in [5.41, 5.74) is 0. The van der Waals surface area contributed by atoms with E-state index >= 15 is 0 Å². The lowest BCUT2D eigenvalue weighted by atomic mass is 10.0. The van der Waals surface area contributed by atoms with Gasteiger partial charge in [0, 0.05) is 6.42 Å². The molecule has 0 fully saturated rings. The lowest BCUT2D eigenvalue weighted by Gasteiger charge is -2.24. The van der Waals surface area contributed by atoms with Crippen molar-refractivity contribution in [1.82, 2.24) is 5.32 Å². The van der Waals surface area contributed by atoms with E-state index in [2.05, 4.69) is 38.2 Å². The molecule has 0 aliphatic rings. The standard InChI is InChI=1S/C53H103NO5/c1-4-7-10-13-16-19-22-24-26-27-29-31-34-37-40-43-46-53(58)59-49(44-41-38-35-32-21-18-15-12-9-6-3)47-52(57)54-50(48-55)51(56)45-42-39-36-33-30-28-25-23-20-17-14-11-8-5-2/h26-27,49-51,55-56H,4-25,28-48H2,1-3H3,(H,54,57)/b27-26+. The Balaban J connectivity index is 4.46. The van der Waals surface area contributed by atoms with E-state index in [0.29, 0.717) is 19.3 Å². The molecule has 0 radical (unpaired) electrons. The minimum Gasteiger partial charge on any atom is -0.462 e. The molecule has 0 saturated carbocycles. The van der Waals surface area contributed by atoms with Crippen LogP contribution in [0.15, 0.2) is 12.2 Å². The van der Waals surface area contributed by atoms with Crippen LogP contribution in [0.2, 0.25) is 0 Å². The van der Waals surface area contributed by atoms with Crippen molar-refractivity contribution in [3.05, 3.63) is 12.2 Å². The summed E-state index contributed by atoms with van der Waals surface area (Å²) in [6, 6.07) is -0.696. The van der Waals surface area contributed by atoms with Gasteiger partial charge in [-0.3, -0.25) is 9.59 Å². The van der Waals surface area contributed by atoms with Gasteiger partial charge < -0.3 is 20.3 Å². The first-order valence-electron chi connectivity index (χ1n) is 26.4. The van der Waals surface area contributed by atoms with Crippen LogP contribution in [0, 0.1) is 0 Å². The van der Waals surface area contributed by atoms with Crippen LogP contribution in [0.3, 0.4) is 0 Å². The summed E-state index contributed by atoms with van der Waals surface area (Å²) in [6.45, 7) is 6.49. The third-order valence-corrected chi connectivity index (χ3v) is 12.3. The first-order chi connectivity index (χ1) is 29.0. The number of carbonyl (C=O) groups is 2. The van der Waals surface area contributed by atoms with E-state index in [1.807, 2.05) is 0 Å². The summed E-state index contributed by atoms with van der Waals surface area (Å²) < 4.78 is 5.93. The van der Waals surface area contributed by atoms with Crippen LogP contribution in [0.1, 0.15) is 290 Å². The lowest BCUT2D eigenvalue weighted by molar-refractivity contribution is -0.151. The van der Waals surface area contributed by atoms with Gasteiger partial charge in [0.05, 0.1) is 25.2 Å². The number of ether oxygens (including phenoxy) is 1. The van der Waals surface area contributed by atoms with E-state index in [1.54, 1.807) is 0 Å². The molecule has 0 heterocycles. The maximum Gasteiger partial charge on any atom is 0.306 e. The Morgan fingerprint density at radius 1 is 0.475 bits per heavy atom. The first-order valence-corrected chi connectivity index (χ1v) is 26.4. The van der Waals surface area contributed by atoms with Crippen molar-refractivity contribution in [1.29, 1.82) is 0 Å². The number of carbonyl (C=O) groups excluding carboxylic acids is 2. The number of esters is 1. The Kier molecular flexibility index (Phi) is 46.5. The summed E-state index contributed by atoms with van der Waals surface area (Å²) in [5, 5.41) is 23.8. The van der Waals surface area contributed by atoms with Gasteiger partial charge in [-0.2, -0.15) is 0 Å². The summed E-state index contributed by atoms with van der Waals surface area (Å²) in [6.07, 6.45) is 52.7. The van der Waals surface area contributed by atoms with Crippen molar-refractivity contribution in [2.24, 2.45) is 0 Å². The van der Waals surface area contributed by atoms with E-state index in [-0.39, 0.29) is 24.9 Å². The highest BCUT2D eigenvalue weighted by atomic mass is 16.5. The van der Waals surface area contributed by atoms with Crippen LogP contribution >= 0.6 is 0 Å². The summed E-state index contributed by atoms with van der Waals surface area (Å²) in [4.78, 5) is 26.1. The van der Waals surface area contributed by atoms with Gasteiger partial charge in [0.2, 0.25) is 5.91 Å². The van der Waals surface area contributed by atoms with Crippen LogP contribution in [0.5, 0.6) is 0 Å². The second-order valence-electron chi connectivity index (χ2n) is 18.3. The third-order valence-electron chi connectivity index (χ3n) is 12.3. The predicted molar refractivity (Wildman–Crippen MR) is 255 cm³/mol. The first kappa shape index (κ1) is 57.6. The molecule has 0 spiro atoms. The summed E-state index contributed by atoms with van der Waals surface area (Å²) in [7, 11) is 0. The molecule has 0 aromatic heterocycles. The largest absolute Gasteiger partial charge is 0.462 e. The number of aliphatic hydroxyl groups is 2. The minimum absolute atomic E-state index is 0.0811. The van der Waals surface area contributed by atoms with E-state index in [9.17, 15) is 19.8 Å². The molecule has 3 atom stereocenters. The highest BCUT2D eigenvalue weighted by molar-refractivity contribution is 5.77. The maximum absolute atomic E-state index is 13.2. The fraction of sp³-hybridized carbons (Fsp3) is 0.925. The van der Waals surface area contributed by atoms with Crippen LogP contribution in [-0.2, 0) is 14.3 Å². The van der Waals surface area contributed by atoms with Crippen LogP contribution in [-0.4, -0.2) is 46.9 Å². The zero-order chi connectivity index (χ0) is 43.1. The van der Waals surface area contributed by atoms with Crippen molar-refractivity contribution in [3.8, 4) is 0 Å². The molecule has 0 bridgehead atoms. The average Bonchev–Trinajstić information content (AvgIpc) is 3.23. The van der Waals surface area contributed by atoms with Gasteiger partial charge in [-0.15, -0.1) is 0 Å². The van der Waals surface area contributed by atoms with Gasteiger partial charge in [0.25, 0.3) is 0 Å². The monoisotopic (exact) mass is 834 g/mol. The normalized spacial score (nSPS) is 13.2. The number of unbranched alkanes of at least 4 members (excludes halogenated alkanes) is 34. The zero-order valence-corrected chi connectivity index (χ0v) is 39.9. The van der Waals surface area contributed by atoms with Crippen molar-refractivity contribution in [3.63, 3.8) is 0 Å². The molecule has 3 N–H and O–H groups in total. The Morgan fingerprint density at radius 3 is 1.20 bits per heavy atom. The number of rotatable bonds is 48. The molecule has 0 aliphatic carbocycles. The van der Waals surface area contributed by atoms with Crippen molar-refractivity contribution < 1.29 is 24.5 Å². The van der Waals surface area contributed by atoms with E-state index < -0.39 is 18.2 Å². The second kappa shape index (κ2) is 47.6. The van der Waals surface area contributed by atoms with Crippen molar-refractivity contribution >= 4 is 11.9 Å². The number of hydrogen-bond acceptors (Lipinski definition) is 5. The second-order valence-corrected chi connectivity index (χ2v) is 18.3. The molecule has 0 aliphatic heterocycles. The number of nitrogens with one attached hydrogen (secondary N) is 1.